The third kappa shape index (κ3) is 3.11. The first-order chi connectivity index (χ1) is 12.7. The number of anilines is 2. The van der Waals surface area contributed by atoms with Crippen LogP contribution < -0.4 is 9.64 Å². The lowest BCUT2D eigenvalue weighted by molar-refractivity contribution is 0.363. The molecule has 2 aromatic carbocycles. The predicted molar refractivity (Wildman–Crippen MR) is 111 cm³/mol. The van der Waals surface area contributed by atoms with E-state index in [1.54, 1.807) is 0 Å². The third-order valence-corrected chi connectivity index (χ3v) is 4.86. The second kappa shape index (κ2) is 7.09. The Morgan fingerprint density at radius 3 is 2.88 bits per heavy atom. The molecule has 0 radical (unpaired) electrons. The van der Waals surface area contributed by atoms with Gasteiger partial charge in [-0.3, -0.25) is 0 Å². The fraction of sp³-hybridized carbons (Fsp3) is 0.167. The van der Waals surface area contributed by atoms with Crippen LogP contribution in [-0.4, -0.2) is 12.6 Å². The highest BCUT2D eigenvalue weighted by Gasteiger charge is 2.20. The second-order valence-corrected chi connectivity index (χ2v) is 6.68. The molecule has 1 aliphatic heterocycles. The van der Waals surface area contributed by atoms with E-state index in [0.29, 0.717) is 6.61 Å². The van der Waals surface area contributed by atoms with Crippen molar-refractivity contribution in [3.63, 3.8) is 0 Å². The molecule has 2 heteroatoms. The molecule has 26 heavy (non-hydrogen) atoms. The first-order valence-corrected chi connectivity index (χ1v) is 9.07. The molecule has 0 aromatic heterocycles. The summed E-state index contributed by atoms with van der Waals surface area (Å²) in [6.07, 6.45) is 13.7. The Morgan fingerprint density at radius 1 is 1.08 bits per heavy atom. The van der Waals surface area contributed by atoms with Gasteiger partial charge in [-0.05, 0) is 60.4 Å². The van der Waals surface area contributed by atoms with Gasteiger partial charge in [0.2, 0.25) is 0 Å². The minimum absolute atomic E-state index is 0.191. The Labute approximate surface area is 155 Å². The van der Waals surface area contributed by atoms with Gasteiger partial charge >= 0.3 is 0 Å². The molecule has 4 rings (SSSR count). The quantitative estimate of drug-likeness (QED) is 0.617. The smallest absolute Gasteiger partial charge is 0.143 e. The van der Waals surface area contributed by atoms with Crippen molar-refractivity contribution in [2.45, 2.75) is 19.4 Å². The summed E-state index contributed by atoms with van der Waals surface area (Å²) in [5, 5.41) is 0. The molecule has 0 spiro atoms. The van der Waals surface area contributed by atoms with Gasteiger partial charge in [-0.2, -0.15) is 0 Å². The van der Waals surface area contributed by atoms with Crippen molar-refractivity contribution < 1.29 is 4.74 Å². The highest BCUT2D eigenvalue weighted by atomic mass is 16.5. The molecule has 1 aliphatic carbocycles. The molecular weight excluding hydrogens is 318 g/mol. The van der Waals surface area contributed by atoms with Crippen molar-refractivity contribution in [1.82, 2.24) is 0 Å². The van der Waals surface area contributed by atoms with Crippen LogP contribution in [0, 0.1) is 0 Å². The van der Waals surface area contributed by atoms with Crippen molar-refractivity contribution >= 4 is 23.0 Å². The predicted octanol–water partition coefficient (Wildman–Crippen LogP) is 6.15. The molecule has 2 nitrogen and oxygen atoms in total. The van der Waals surface area contributed by atoms with E-state index in [9.17, 15) is 0 Å². The summed E-state index contributed by atoms with van der Waals surface area (Å²) in [6.45, 7) is 6.97. The Bertz CT molecular complexity index is 920. The summed E-state index contributed by atoms with van der Waals surface area (Å²) in [7, 11) is 0. The molecule has 1 unspecified atom stereocenters. The van der Waals surface area contributed by atoms with Crippen LogP contribution in [0.3, 0.4) is 0 Å². The fourth-order valence-electron chi connectivity index (χ4n) is 3.55. The van der Waals surface area contributed by atoms with Crippen LogP contribution in [-0.2, 0) is 0 Å². The van der Waals surface area contributed by atoms with Gasteiger partial charge in [0.15, 0.2) is 0 Å². The van der Waals surface area contributed by atoms with Crippen LogP contribution in [0.25, 0.3) is 11.6 Å². The summed E-state index contributed by atoms with van der Waals surface area (Å²) in [5.74, 6) is 0.900. The molecule has 1 heterocycles. The molecule has 2 aromatic rings. The fourth-order valence-corrected chi connectivity index (χ4v) is 3.55. The van der Waals surface area contributed by atoms with Crippen LogP contribution in [0.2, 0.25) is 0 Å². The molecule has 2 aliphatic rings. The summed E-state index contributed by atoms with van der Waals surface area (Å²) >= 11 is 0. The number of allylic oxidation sites excluding steroid dienone is 4. The van der Waals surface area contributed by atoms with Crippen molar-refractivity contribution in [3.05, 3.63) is 90.6 Å². The van der Waals surface area contributed by atoms with Crippen LogP contribution in [0.4, 0.5) is 11.4 Å². The van der Waals surface area contributed by atoms with Gasteiger partial charge in [-0.1, -0.05) is 55.2 Å². The molecular formula is C24H23NO. The zero-order chi connectivity index (χ0) is 17.9. The van der Waals surface area contributed by atoms with Gasteiger partial charge in [-0.15, -0.1) is 0 Å². The normalized spacial score (nSPS) is 21.3. The summed E-state index contributed by atoms with van der Waals surface area (Å²) < 4.78 is 6.00. The van der Waals surface area contributed by atoms with E-state index < -0.39 is 0 Å². The Balaban J connectivity index is 1.85. The lowest BCUT2D eigenvalue weighted by atomic mass is 9.92. The van der Waals surface area contributed by atoms with E-state index in [1.807, 2.05) is 24.3 Å². The Kier molecular flexibility index (Phi) is 4.49. The molecule has 130 valence electrons. The third-order valence-electron chi connectivity index (χ3n) is 4.86. The topological polar surface area (TPSA) is 12.5 Å². The van der Waals surface area contributed by atoms with E-state index in [0.717, 1.165) is 23.5 Å². The number of para-hydroxylation sites is 2. The maximum atomic E-state index is 6.00. The maximum Gasteiger partial charge on any atom is 0.143 e. The Hall–Kier alpha value is -3.00. The number of fused-ring (bicyclic) bond motifs is 2. The highest BCUT2D eigenvalue weighted by Crippen LogP contribution is 2.38. The van der Waals surface area contributed by atoms with Gasteiger partial charge in [-0.25, -0.2) is 0 Å². The average molecular weight is 341 g/mol. The molecule has 1 atom stereocenters. The number of ether oxygens (including phenoxy) is 1. The maximum absolute atomic E-state index is 6.00. The second-order valence-electron chi connectivity index (χ2n) is 6.68. The van der Waals surface area contributed by atoms with E-state index in [2.05, 4.69) is 73.0 Å². The van der Waals surface area contributed by atoms with E-state index in [4.69, 9.17) is 4.74 Å². The lowest BCUT2D eigenvalue weighted by Gasteiger charge is -2.32. The van der Waals surface area contributed by atoms with E-state index in [1.165, 1.54) is 16.7 Å². The van der Waals surface area contributed by atoms with E-state index in [-0.39, 0.29) is 6.04 Å². The summed E-state index contributed by atoms with van der Waals surface area (Å²) in [5.41, 5.74) is 5.88. The number of hydrogen-bond acceptors (Lipinski definition) is 2. The monoisotopic (exact) mass is 341 g/mol. The van der Waals surface area contributed by atoms with Crippen LogP contribution in [0.15, 0.2) is 79.4 Å². The number of hydrogen-bond donors (Lipinski definition) is 0. The average Bonchev–Trinajstić information content (AvgIpc) is 2.66. The minimum Gasteiger partial charge on any atom is -0.487 e. The van der Waals surface area contributed by atoms with Crippen molar-refractivity contribution in [2.24, 2.45) is 0 Å². The first-order valence-electron chi connectivity index (χ1n) is 9.07. The molecule has 0 fully saturated rings. The Morgan fingerprint density at radius 2 is 1.96 bits per heavy atom. The van der Waals surface area contributed by atoms with E-state index >= 15 is 0 Å². The summed E-state index contributed by atoms with van der Waals surface area (Å²) in [4.78, 5) is 2.33. The highest BCUT2D eigenvalue weighted by molar-refractivity contribution is 5.82. The molecule has 0 N–H and O–H groups in total. The van der Waals surface area contributed by atoms with Gasteiger partial charge < -0.3 is 9.64 Å². The zero-order valence-electron chi connectivity index (χ0n) is 15.1. The van der Waals surface area contributed by atoms with Gasteiger partial charge in [0.25, 0.3) is 0 Å². The first kappa shape index (κ1) is 16.5. The van der Waals surface area contributed by atoms with Crippen LogP contribution >= 0.6 is 0 Å². The molecule has 0 bridgehead atoms. The SMILES string of the molecule is C=C1CC=Cc2cc(N3c4ccccc4OC/C=C\C=C/C3C)ccc21. The van der Waals surface area contributed by atoms with Crippen molar-refractivity contribution in [2.75, 3.05) is 11.5 Å². The molecule has 0 saturated heterocycles. The minimum atomic E-state index is 0.191. The van der Waals surface area contributed by atoms with Crippen LogP contribution in [0.5, 0.6) is 5.75 Å². The van der Waals surface area contributed by atoms with Gasteiger partial charge in [0.05, 0.1) is 5.69 Å². The van der Waals surface area contributed by atoms with Gasteiger partial charge in [0, 0.05) is 11.7 Å². The molecule has 0 saturated carbocycles. The number of benzene rings is 2. The summed E-state index contributed by atoms with van der Waals surface area (Å²) in [6, 6.07) is 15.1. The van der Waals surface area contributed by atoms with Gasteiger partial charge in [0.1, 0.15) is 12.4 Å². The number of nitrogens with zero attached hydrogens (tertiary/aromatic N) is 1. The largest absolute Gasteiger partial charge is 0.487 e. The number of rotatable bonds is 1. The molecule has 0 amide bonds. The van der Waals surface area contributed by atoms with Crippen LogP contribution in [0.1, 0.15) is 24.5 Å². The standard InChI is InChI=1S/C24H23NO/c1-18-9-8-11-20-17-21(14-15-22(18)20)25-19(2)10-4-3-7-16-26-24-13-6-5-12-23(24)25/h3-8,10-15,17,19H,1,9,16H2,2H3/b7-3-,10-4-. The van der Waals surface area contributed by atoms with Crippen molar-refractivity contribution in [3.8, 4) is 5.75 Å². The van der Waals surface area contributed by atoms with Crippen molar-refractivity contribution in [1.29, 1.82) is 0 Å². The zero-order valence-corrected chi connectivity index (χ0v) is 15.1. The lowest BCUT2D eigenvalue weighted by Crippen LogP contribution is -2.27.